The summed E-state index contributed by atoms with van der Waals surface area (Å²) in [7, 11) is -1.78. The Morgan fingerprint density at radius 2 is 1.61 bits per heavy atom. The van der Waals surface area contributed by atoms with Crippen molar-refractivity contribution in [1.82, 2.24) is 9.21 Å². The van der Waals surface area contributed by atoms with E-state index in [2.05, 4.69) is 0 Å². The Morgan fingerprint density at radius 1 is 1.03 bits per heavy atom. The van der Waals surface area contributed by atoms with Crippen molar-refractivity contribution in [2.75, 3.05) is 20.1 Å². The molecule has 2 fully saturated rings. The van der Waals surface area contributed by atoms with Gasteiger partial charge in [-0.1, -0.05) is 37.0 Å². The molecule has 0 bridgehead atoms. The number of amides is 1. The minimum atomic E-state index is -3.57. The van der Waals surface area contributed by atoms with Gasteiger partial charge in [0.15, 0.2) is 6.10 Å². The smallest absolute Gasteiger partial charge is 0.309 e. The van der Waals surface area contributed by atoms with Crippen LogP contribution in [-0.4, -0.2) is 61.8 Å². The van der Waals surface area contributed by atoms with Crippen molar-refractivity contribution in [2.45, 2.75) is 75.8 Å². The van der Waals surface area contributed by atoms with Gasteiger partial charge in [-0.15, -0.1) is 0 Å². The molecule has 0 spiro atoms. The summed E-state index contributed by atoms with van der Waals surface area (Å²) in [6.45, 7) is 4.06. The summed E-state index contributed by atoms with van der Waals surface area (Å²) in [5.41, 5.74) is 0.998. The summed E-state index contributed by atoms with van der Waals surface area (Å²) < 4.78 is 32.6. The van der Waals surface area contributed by atoms with E-state index in [1.165, 1.54) is 10.7 Å². The van der Waals surface area contributed by atoms with Crippen molar-refractivity contribution in [2.24, 2.45) is 5.92 Å². The first-order valence-corrected chi connectivity index (χ1v) is 12.7. The molecule has 8 heteroatoms. The van der Waals surface area contributed by atoms with Crippen molar-refractivity contribution < 1.29 is 22.7 Å². The summed E-state index contributed by atoms with van der Waals surface area (Å²) >= 11 is 0. The topological polar surface area (TPSA) is 84.0 Å². The van der Waals surface area contributed by atoms with Crippen molar-refractivity contribution >= 4 is 21.9 Å². The number of hydrogen-bond donors (Lipinski definition) is 0. The van der Waals surface area contributed by atoms with Crippen LogP contribution in [0.1, 0.15) is 57.4 Å². The molecule has 1 aromatic carbocycles. The molecule has 1 atom stereocenters. The van der Waals surface area contributed by atoms with Gasteiger partial charge in [-0.25, -0.2) is 8.42 Å². The fraction of sp³-hybridized carbons (Fsp3) is 0.652. The Balaban J connectivity index is 1.51. The number of hydrogen-bond acceptors (Lipinski definition) is 5. The first kappa shape index (κ1) is 23.7. The van der Waals surface area contributed by atoms with Gasteiger partial charge in [-0.05, 0) is 51.7 Å². The van der Waals surface area contributed by atoms with Crippen LogP contribution in [0.25, 0.3) is 0 Å². The predicted octanol–water partition coefficient (Wildman–Crippen LogP) is 3.12. The lowest BCUT2D eigenvalue weighted by molar-refractivity contribution is -0.164. The third-order valence-corrected chi connectivity index (χ3v) is 8.47. The third kappa shape index (κ3) is 5.66. The van der Waals surface area contributed by atoms with Gasteiger partial charge in [-0.3, -0.25) is 9.59 Å². The fourth-order valence-electron chi connectivity index (χ4n) is 4.45. The Morgan fingerprint density at radius 3 is 2.19 bits per heavy atom. The highest BCUT2D eigenvalue weighted by atomic mass is 32.2. The van der Waals surface area contributed by atoms with Crippen LogP contribution >= 0.6 is 0 Å². The number of nitrogens with zero attached hydrogens (tertiary/aromatic N) is 2. The fourth-order valence-corrected chi connectivity index (χ4v) is 5.92. The number of likely N-dealkylation sites (N-methyl/N-ethyl adjacent to an activating group) is 1. The van der Waals surface area contributed by atoms with Crippen LogP contribution in [0, 0.1) is 12.8 Å². The van der Waals surface area contributed by atoms with Crippen molar-refractivity contribution in [3.8, 4) is 0 Å². The highest BCUT2D eigenvalue weighted by molar-refractivity contribution is 7.89. The average Bonchev–Trinajstić information content (AvgIpc) is 2.79. The molecule has 7 nitrogen and oxygen atoms in total. The number of ether oxygens (including phenoxy) is 1. The largest absolute Gasteiger partial charge is 0.452 e. The second kappa shape index (κ2) is 10.1. The molecule has 1 aromatic rings. The Labute approximate surface area is 185 Å². The summed E-state index contributed by atoms with van der Waals surface area (Å²) in [5.74, 6) is -0.968. The molecule has 1 amide bonds. The molecule has 1 heterocycles. The monoisotopic (exact) mass is 450 g/mol. The molecule has 2 aliphatic rings. The highest BCUT2D eigenvalue weighted by Gasteiger charge is 2.35. The van der Waals surface area contributed by atoms with Gasteiger partial charge < -0.3 is 9.64 Å². The van der Waals surface area contributed by atoms with Crippen molar-refractivity contribution in [1.29, 1.82) is 0 Å². The number of piperidine rings is 1. The maximum absolute atomic E-state index is 12.8. The minimum absolute atomic E-state index is 0.167. The molecule has 1 saturated carbocycles. The van der Waals surface area contributed by atoms with Gasteiger partial charge in [0.05, 0.1) is 10.8 Å². The molecule has 1 saturated heterocycles. The van der Waals surface area contributed by atoms with E-state index in [1.54, 1.807) is 43.1 Å². The number of esters is 1. The van der Waals surface area contributed by atoms with Crippen LogP contribution in [0.3, 0.4) is 0 Å². The second-order valence-electron chi connectivity index (χ2n) is 8.81. The molecule has 0 radical (unpaired) electrons. The predicted molar refractivity (Wildman–Crippen MR) is 118 cm³/mol. The molecule has 0 unspecified atom stereocenters. The lowest BCUT2D eigenvalue weighted by atomic mass is 9.94. The maximum atomic E-state index is 12.8. The third-order valence-electron chi connectivity index (χ3n) is 6.56. The molecule has 31 heavy (non-hydrogen) atoms. The molecule has 1 aliphatic heterocycles. The summed E-state index contributed by atoms with van der Waals surface area (Å²) in [4.78, 5) is 27.3. The SMILES string of the molecule is Cc1ccc(S(=O)(=O)N2CCC(C(=O)O[C@@H](C)C(=O)N(C)C3CCCCC3)CC2)cc1. The van der Waals surface area contributed by atoms with Gasteiger partial charge >= 0.3 is 5.97 Å². The first-order valence-electron chi connectivity index (χ1n) is 11.2. The van der Waals surface area contributed by atoms with E-state index >= 15 is 0 Å². The Bertz CT molecular complexity index is 870. The van der Waals surface area contributed by atoms with Crippen molar-refractivity contribution in [3.63, 3.8) is 0 Å². The van der Waals surface area contributed by atoms with E-state index in [-0.39, 0.29) is 35.9 Å². The van der Waals surface area contributed by atoms with E-state index in [0.717, 1.165) is 31.2 Å². The van der Waals surface area contributed by atoms with Crippen LogP contribution in [0.5, 0.6) is 0 Å². The summed E-state index contributed by atoms with van der Waals surface area (Å²) in [5, 5.41) is 0. The quantitative estimate of drug-likeness (QED) is 0.622. The summed E-state index contributed by atoms with van der Waals surface area (Å²) in [6.07, 6.45) is 5.41. The summed E-state index contributed by atoms with van der Waals surface area (Å²) in [6, 6.07) is 7.00. The van der Waals surface area contributed by atoms with Gasteiger partial charge in [0, 0.05) is 26.2 Å². The number of carbonyl (C=O) groups excluding carboxylic acids is 2. The van der Waals surface area contributed by atoms with Crippen molar-refractivity contribution in [3.05, 3.63) is 29.8 Å². The number of sulfonamides is 1. The lowest BCUT2D eigenvalue weighted by Crippen LogP contribution is -2.45. The average molecular weight is 451 g/mol. The highest BCUT2D eigenvalue weighted by Crippen LogP contribution is 2.26. The van der Waals surface area contributed by atoms with E-state index < -0.39 is 22.1 Å². The van der Waals surface area contributed by atoms with Gasteiger partial charge in [0.1, 0.15) is 0 Å². The molecule has 1 aliphatic carbocycles. The normalized spacial score (nSPS) is 20.2. The standard InChI is InChI=1S/C23H34N2O5S/c1-17-9-11-21(12-10-17)31(28,29)25-15-13-19(14-16-25)23(27)30-18(2)22(26)24(3)20-7-5-4-6-8-20/h9-12,18-20H,4-8,13-16H2,1-3H3/t18-/m0/s1. The molecule has 0 N–H and O–H groups in total. The molecular weight excluding hydrogens is 416 g/mol. The maximum Gasteiger partial charge on any atom is 0.309 e. The van der Waals surface area contributed by atoms with Gasteiger partial charge in [0.25, 0.3) is 5.91 Å². The zero-order valence-corrected chi connectivity index (χ0v) is 19.6. The minimum Gasteiger partial charge on any atom is -0.452 e. The molecule has 3 rings (SSSR count). The van der Waals surface area contributed by atoms with E-state index in [9.17, 15) is 18.0 Å². The van der Waals surface area contributed by atoms with Gasteiger partial charge in [-0.2, -0.15) is 4.31 Å². The van der Waals surface area contributed by atoms with Crippen LogP contribution in [0.15, 0.2) is 29.2 Å². The second-order valence-corrected chi connectivity index (χ2v) is 10.7. The number of carbonyl (C=O) groups is 2. The lowest BCUT2D eigenvalue weighted by Gasteiger charge is -2.33. The van der Waals surface area contributed by atoms with Crippen LogP contribution in [0.4, 0.5) is 0 Å². The van der Waals surface area contributed by atoms with E-state index in [1.807, 2.05) is 6.92 Å². The molecular formula is C23H34N2O5S. The molecule has 0 aromatic heterocycles. The number of rotatable bonds is 6. The number of aryl methyl sites for hydroxylation is 1. The van der Waals surface area contributed by atoms with E-state index in [0.29, 0.717) is 12.8 Å². The zero-order chi connectivity index (χ0) is 22.6. The van der Waals surface area contributed by atoms with Crippen LogP contribution in [0.2, 0.25) is 0 Å². The zero-order valence-electron chi connectivity index (χ0n) is 18.7. The number of benzene rings is 1. The van der Waals surface area contributed by atoms with E-state index in [4.69, 9.17) is 4.74 Å². The van der Waals surface area contributed by atoms with Crippen LogP contribution < -0.4 is 0 Å². The van der Waals surface area contributed by atoms with Crippen LogP contribution in [-0.2, 0) is 24.3 Å². The first-order chi connectivity index (χ1) is 14.7. The Kier molecular flexibility index (Phi) is 7.75. The molecule has 172 valence electrons. The Hall–Kier alpha value is -1.93. The van der Waals surface area contributed by atoms with Gasteiger partial charge in [0.2, 0.25) is 10.0 Å².